The molecule has 21 heavy (non-hydrogen) atoms. The number of rotatable bonds is 2. The molecule has 2 aromatic rings. The van der Waals surface area contributed by atoms with Crippen LogP contribution in [0.1, 0.15) is 28.2 Å². The van der Waals surface area contributed by atoms with E-state index in [9.17, 15) is 0 Å². The molecule has 0 amide bonds. The normalized spacial score (nSPS) is 24.1. The third-order valence-corrected chi connectivity index (χ3v) is 5.04. The van der Waals surface area contributed by atoms with Crippen LogP contribution in [0.15, 0.2) is 55.1 Å². The molecule has 2 aliphatic rings. The van der Waals surface area contributed by atoms with Crippen molar-refractivity contribution in [3.05, 3.63) is 77.4 Å². The molecule has 1 heteroatoms. The van der Waals surface area contributed by atoms with Gasteiger partial charge < -0.3 is 0 Å². The fourth-order valence-corrected chi connectivity index (χ4v) is 4.01. The van der Waals surface area contributed by atoms with E-state index >= 15 is 0 Å². The van der Waals surface area contributed by atoms with Crippen molar-refractivity contribution < 1.29 is 0 Å². The summed E-state index contributed by atoms with van der Waals surface area (Å²) in [5, 5.41) is 0. The Bertz CT molecular complexity index is 686. The van der Waals surface area contributed by atoms with Gasteiger partial charge in [-0.3, -0.25) is 4.90 Å². The summed E-state index contributed by atoms with van der Waals surface area (Å²) in [6.07, 6.45) is 0. The van der Waals surface area contributed by atoms with Crippen LogP contribution in [0.3, 0.4) is 0 Å². The van der Waals surface area contributed by atoms with Crippen molar-refractivity contribution in [2.45, 2.75) is 19.4 Å². The molecule has 2 atom stereocenters. The van der Waals surface area contributed by atoms with Crippen molar-refractivity contribution in [2.75, 3.05) is 13.1 Å². The first-order valence-electron chi connectivity index (χ1n) is 7.78. The van der Waals surface area contributed by atoms with Gasteiger partial charge in [0.1, 0.15) is 0 Å². The minimum Gasteiger partial charge on any atom is -0.298 e. The van der Waals surface area contributed by atoms with E-state index in [0.717, 1.165) is 19.6 Å². The second-order valence-electron chi connectivity index (χ2n) is 6.51. The minimum absolute atomic E-state index is 0.616. The van der Waals surface area contributed by atoms with Crippen LogP contribution in [0, 0.1) is 12.8 Å². The van der Waals surface area contributed by atoms with Crippen molar-refractivity contribution in [3.8, 4) is 0 Å². The molecule has 1 heterocycles. The van der Waals surface area contributed by atoms with Crippen molar-refractivity contribution in [1.29, 1.82) is 0 Å². The minimum atomic E-state index is 0.616. The van der Waals surface area contributed by atoms with Crippen LogP contribution in [0.2, 0.25) is 0 Å². The molecule has 1 fully saturated rings. The Kier molecular flexibility index (Phi) is 2.97. The Hall–Kier alpha value is -1.86. The van der Waals surface area contributed by atoms with Gasteiger partial charge >= 0.3 is 0 Å². The molecular formula is C20H21N. The zero-order valence-electron chi connectivity index (χ0n) is 12.5. The number of nitrogens with zero attached hydrogens (tertiary/aromatic N) is 1. The lowest BCUT2D eigenvalue weighted by Gasteiger charge is -2.18. The fourth-order valence-electron chi connectivity index (χ4n) is 4.01. The van der Waals surface area contributed by atoms with Crippen LogP contribution in [0.5, 0.6) is 0 Å². The van der Waals surface area contributed by atoms with E-state index in [1.54, 1.807) is 0 Å². The lowest BCUT2D eigenvalue weighted by molar-refractivity contribution is 0.322. The summed E-state index contributed by atoms with van der Waals surface area (Å²) in [5.74, 6) is 1.27. The third kappa shape index (κ3) is 2.13. The third-order valence-electron chi connectivity index (χ3n) is 5.04. The molecular weight excluding hydrogens is 254 g/mol. The van der Waals surface area contributed by atoms with Gasteiger partial charge in [-0.1, -0.05) is 60.7 Å². The lowest BCUT2D eigenvalue weighted by atomic mass is 9.95. The van der Waals surface area contributed by atoms with Gasteiger partial charge in [0.05, 0.1) is 0 Å². The molecule has 0 N–H and O–H groups in total. The average molecular weight is 275 g/mol. The zero-order chi connectivity index (χ0) is 14.4. The van der Waals surface area contributed by atoms with Gasteiger partial charge in [0.2, 0.25) is 0 Å². The average Bonchev–Trinajstić information content (AvgIpc) is 3.00. The maximum absolute atomic E-state index is 4.38. The topological polar surface area (TPSA) is 3.24 Å². The van der Waals surface area contributed by atoms with Crippen LogP contribution < -0.4 is 0 Å². The Morgan fingerprint density at radius 2 is 1.81 bits per heavy atom. The highest BCUT2D eigenvalue weighted by molar-refractivity contribution is 5.75. The highest BCUT2D eigenvalue weighted by Gasteiger charge is 2.41. The van der Waals surface area contributed by atoms with Gasteiger partial charge in [0.15, 0.2) is 0 Å². The van der Waals surface area contributed by atoms with Gasteiger partial charge in [-0.2, -0.15) is 0 Å². The Morgan fingerprint density at radius 3 is 2.62 bits per heavy atom. The Morgan fingerprint density at radius 1 is 1.05 bits per heavy atom. The number of benzene rings is 2. The maximum Gasteiger partial charge on any atom is 0.0234 e. The highest BCUT2D eigenvalue weighted by Crippen LogP contribution is 2.49. The van der Waals surface area contributed by atoms with Crippen LogP contribution in [-0.2, 0) is 6.54 Å². The first-order valence-corrected chi connectivity index (χ1v) is 7.78. The predicted octanol–water partition coefficient (Wildman–Crippen LogP) is 4.24. The summed E-state index contributed by atoms with van der Waals surface area (Å²) >= 11 is 0. The van der Waals surface area contributed by atoms with Crippen LogP contribution in [0.4, 0.5) is 0 Å². The largest absolute Gasteiger partial charge is 0.298 e. The first kappa shape index (κ1) is 12.8. The zero-order valence-corrected chi connectivity index (χ0v) is 12.5. The van der Waals surface area contributed by atoms with E-state index in [2.05, 4.69) is 66.9 Å². The molecule has 2 aromatic carbocycles. The van der Waals surface area contributed by atoms with Crippen LogP contribution in [-0.4, -0.2) is 18.0 Å². The van der Waals surface area contributed by atoms with Crippen LogP contribution in [0.25, 0.3) is 5.57 Å². The quantitative estimate of drug-likeness (QED) is 0.792. The number of likely N-dealkylation sites (tertiary alicyclic amines) is 1. The Balaban J connectivity index is 1.58. The van der Waals surface area contributed by atoms with E-state index in [4.69, 9.17) is 0 Å². The molecule has 2 unspecified atom stereocenters. The summed E-state index contributed by atoms with van der Waals surface area (Å²) < 4.78 is 0. The molecule has 1 saturated heterocycles. The molecule has 0 spiro atoms. The highest BCUT2D eigenvalue weighted by atomic mass is 15.2. The van der Waals surface area contributed by atoms with E-state index in [-0.39, 0.29) is 0 Å². The molecule has 0 aromatic heterocycles. The second-order valence-corrected chi connectivity index (χ2v) is 6.51. The summed E-state index contributed by atoms with van der Waals surface area (Å²) in [6, 6.07) is 17.6. The number of hydrogen-bond donors (Lipinski definition) is 0. The maximum atomic E-state index is 4.38. The van der Waals surface area contributed by atoms with E-state index in [1.807, 2.05) is 0 Å². The molecule has 1 nitrogen and oxygen atoms in total. The van der Waals surface area contributed by atoms with E-state index in [0.29, 0.717) is 11.8 Å². The van der Waals surface area contributed by atoms with Crippen molar-refractivity contribution in [2.24, 2.45) is 5.92 Å². The van der Waals surface area contributed by atoms with E-state index < -0.39 is 0 Å². The molecule has 0 saturated carbocycles. The monoisotopic (exact) mass is 275 g/mol. The van der Waals surface area contributed by atoms with Crippen molar-refractivity contribution >= 4 is 5.57 Å². The molecule has 0 radical (unpaired) electrons. The molecule has 1 aliphatic heterocycles. The number of fused-ring (bicyclic) bond motifs is 3. The van der Waals surface area contributed by atoms with Crippen LogP contribution >= 0.6 is 0 Å². The summed E-state index contributed by atoms with van der Waals surface area (Å²) in [5.41, 5.74) is 7.07. The molecule has 0 bridgehead atoms. The number of hydrogen-bond acceptors (Lipinski definition) is 1. The molecule has 106 valence electrons. The smallest absolute Gasteiger partial charge is 0.0234 e. The Labute approximate surface area is 126 Å². The van der Waals surface area contributed by atoms with Gasteiger partial charge in [-0.05, 0) is 29.2 Å². The first-order chi connectivity index (χ1) is 10.2. The fraction of sp³-hybridized carbons (Fsp3) is 0.300. The van der Waals surface area contributed by atoms with Crippen molar-refractivity contribution in [1.82, 2.24) is 4.90 Å². The van der Waals surface area contributed by atoms with Crippen molar-refractivity contribution in [3.63, 3.8) is 0 Å². The predicted molar refractivity (Wildman–Crippen MR) is 88.2 cm³/mol. The van der Waals surface area contributed by atoms with Gasteiger partial charge in [0, 0.05) is 31.5 Å². The van der Waals surface area contributed by atoms with Gasteiger partial charge in [-0.15, -0.1) is 0 Å². The summed E-state index contributed by atoms with van der Waals surface area (Å²) in [6.45, 7) is 9.93. The summed E-state index contributed by atoms with van der Waals surface area (Å²) in [7, 11) is 0. The lowest BCUT2D eigenvalue weighted by Crippen LogP contribution is -2.21. The van der Waals surface area contributed by atoms with Gasteiger partial charge in [-0.25, -0.2) is 0 Å². The van der Waals surface area contributed by atoms with E-state index in [1.165, 1.54) is 27.8 Å². The standard InChI is InChI=1S/C20H21N/c1-14-8-9-17-15(2)19-12-21(13-20(19)18(17)10-14)11-16-6-4-3-5-7-16/h3-10,19-20H,2,11-13H2,1H3. The molecule has 1 aliphatic carbocycles. The summed E-state index contributed by atoms with van der Waals surface area (Å²) in [4.78, 5) is 2.58. The SMILES string of the molecule is C=C1c2ccc(C)cc2C2CN(Cc3ccccc3)CC12. The molecule has 4 rings (SSSR count). The van der Waals surface area contributed by atoms with Gasteiger partial charge in [0.25, 0.3) is 0 Å². The number of aryl methyl sites for hydroxylation is 1. The second kappa shape index (κ2) is 4.85.